The van der Waals surface area contributed by atoms with Gasteiger partial charge in [-0.2, -0.15) is 0 Å². The first-order valence-electron chi connectivity index (χ1n) is 5.68. The fourth-order valence-corrected chi connectivity index (χ4v) is 1.51. The van der Waals surface area contributed by atoms with E-state index in [-0.39, 0.29) is 24.8 Å². The SMILES string of the molecule is CCN(CC)CCNCc1cccnc1.Cl.Cl. The van der Waals surface area contributed by atoms with Crippen LogP contribution in [0, 0.1) is 0 Å². The van der Waals surface area contributed by atoms with E-state index in [1.807, 2.05) is 12.3 Å². The van der Waals surface area contributed by atoms with Crippen molar-refractivity contribution in [2.24, 2.45) is 0 Å². The molecule has 0 radical (unpaired) electrons. The summed E-state index contributed by atoms with van der Waals surface area (Å²) in [5, 5.41) is 3.42. The zero-order valence-corrected chi connectivity index (χ0v) is 12.2. The lowest BCUT2D eigenvalue weighted by atomic mass is 10.3. The molecule has 0 aliphatic heterocycles. The third-order valence-corrected chi connectivity index (χ3v) is 2.55. The minimum absolute atomic E-state index is 0. The van der Waals surface area contributed by atoms with Gasteiger partial charge in [-0.15, -0.1) is 24.8 Å². The number of pyridine rings is 1. The van der Waals surface area contributed by atoms with Crippen molar-refractivity contribution in [1.29, 1.82) is 0 Å². The number of aromatic nitrogens is 1. The van der Waals surface area contributed by atoms with Crippen molar-refractivity contribution >= 4 is 24.8 Å². The largest absolute Gasteiger partial charge is 0.311 e. The maximum atomic E-state index is 4.08. The molecule has 1 rings (SSSR count). The van der Waals surface area contributed by atoms with Crippen molar-refractivity contribution in [3.05, 3.63) is 30.1 Å². The summed E-state index contributed by atoms with van der Waals surface area (Å²) >= 11 is 0. The van der Waals surface area contributed by atoms with Crippen molar-refractivity contribution in [3.63, 3.8) is 0 Å². The monoisotopic (exact) mass is 279 g/mol. The van der Waals surface area contributed by atoms with Gasteiger partial charge in [-0.05, 0) is 24.7 Å². The number of hydrogen-bond donors (Lipinski definition) is 1. The molecule has 0 aromatic carbocycles. The highest BCUT2D eigenvalue weighted by Gasteiger charge is 1.97. The molecule has 100 valence electrons. The summed E-state index contributed by atoms with van der Waals surface area (Å²) in [5.74, 6) is 0. The third-order valence-electron chi connectivity index (χ3n) is 2.55. The zero-order valence-electron chi connectivity index (χ0n) is 10.6. The van der Waals surface area contributed by atoms with Crippen molar-refractivity contribution in [1.82, 2.24) is 15.2 Å². The van der Waals surface area contributed by atoms with E-state index in [1.165, 1.54) is 5.56 Å². The molecule has 0 bridgehead atoms. The molecular formula is C12H23Cl2N3. The van der Waals surface area contributed by atoms with Crippen LogP contribution in [0.15, 0.2) is 24.5 Å². The fourth-order valence-electron chi connectivity index (χ4n) is 1.51. The normalized spacial score (nSPS) is 9.59. The standard InChI is InChI=1S/C12H21N3.2ClH/c1-3-15(4-2)9-8-14-11-12-6-5-7-13-10-12;;/h5-7,10,14H,3-4,8-9,11H2,1-2H3;2*1H. The molecule has 0 unspecified atom stereocenters. The molecule has 0 aliphatic carbocycles. The lowest BCUT2D eigenvalue weighted by Crippen LogP contribution is -2.31. The van der Waals surface area contributed by atoms with E-state index in [0.717, 1.165) is 32.7 Å². The van der Waals surface area contributed by atoms with Gasteiger partial charge in [-0.25, -0.2) is 0 Å². The molecule has 5 heteroatoms. The molecule has 3 nitrogen and oxygen atoms in total. The molecule has 0 amide bonds. The fraction of sp³-hybridized carbons (Fsp3) is 0.583. The molecule has 0 fully saturated rings. The van der Waals surface area contributed by atoms with Crippen LogP contribution in [-0.2, 0) is 6.54 Å². The van der Waals surface area contributed by atoms with Crippen molar-refractivity contribution in [2.45, 2.75) is 20.4 Å². The zero-order chi connectivity index (χ0) is 10.9. The number of likely N-dealkylation sites (N-methyl/N-ethyl adjacent to an activating group) is 1. The van der Waals surface area contributed by atoms with E-state index in [2.05, 4.69) is 35.1 Å². The summed E-state index contributed by atoms with van der Waals surface area (Å²) < 4.78 is 0. The molecule has 0 saturated carbocycles. The van der Waals surface area contributed by atoms with Crippen LogP contribution in [0.2, 0.25) is 0 Å². The lowest BCUT2D eigenvalue weighted by Gasteiger charge is -2.17. The third kappa shape index (κ3) is 8.38. The smallest absolute Gasteiger partial charge is 0.0312 e. The van der Waals surface area contributed by atoms with Gasteiger partial charge in [-0.3, -0.25) is 4.98 Å². The maximum absolute atomic E-state index is 4.08. The van der Waals surface area contributed by atoms with E-state index in [9.17, 15) is 0 Å². The summed E-state index contributed by atoms with van der Waals surface area (Å²) in [4.78, 5) is 6.49. The minimum atomic E-state index is 0. The van der Waals surface area contributed by atoms with Gasteiger partial charge in [0.15, 0.2) is 0 Å². The summed E-state index contributed by atoms with van der Waals surface area (Å²) in [5.41, 5.74) is 1.25. The van der Waals surface area contributed by atoms with E-state index in [0.29, 0.717) is 0 Å². The summed E-state index contributed by atoms with van der Waals surface area (Å²) in [6, 6.07) is 4.07. The van der Waals surface area contributed by atoms with Crippen LogP contribution in [0.5, 0.6) is 0 Å². The Balaban J connectivity index is 0. The number of rotatable bonds is 7. The van der Waals surface area contributed by atoms with E-state index in [4.69, 9.17) is 0 Å². The van der Waals surface area contributed by atoms with Crippen LogP contribution >= 0.6 is 24.8 Å². The highest BCUT2D eigenvalue weighted by Crippen LogP contribution is 1.94. The molecule has 1 aromatic rings. The van der Waals surface area contributed by atoms with E-state index in [1.54, 1.807) is 6.20 Å². The first kappa shape index (κ1) is 19.0. The first-order valence-corrected chi connectivity index (χ1v) is 5.68. The Morgan fingerprint density at radius 3 is 2.47 bits per heavy atom. The number of nitrogens with zero attached hydrogens (tertiary/aromatic N) is 2. The van der Waals surface area contributed by atoms with Gasteiger partial charge in [0.25, 0.3) is 0 Å². The van der Waals surface area contributed by atoms with Crippen LogP contribution < -0.4 is 5.32 Å². The second-order valence-corrected chi connectivity index (χ2v) is 3.56. The second kappa shape index (κ2) is 12.1. The van der Waals surface area contributed by atoms with Gasteiger partial charge in [0.05, 0.1) is 0 Å². The molecule has 1 aromatic heterocycles. The Hall–Kier alpha value is -0.350. The Morgan fingerprint density at radius 2 is 1.94 bits per heavy atom. The Labute approximate surface area is 117 Å². The molecule has 0 spiro atoms. The van der Waals surface area contributed by atoms with Crippen molar-refractivity contribution < 1.29 is 0 Å². The summed E-state index contributed by atoms with van der Waals surface area (Å²) in [6.07, 6.45) is 3.71. The van der Waals surface area contributed by atoms with Crippen LogP contribution in [-0.4, -0.2) is 36.1 Å². The van der Waals surface area contributed by atoms with Crippen LogP contribution in [0.25, 0.3) is 0 Å². The van der Waals surface area contributed by atoms with Gasteiger partial charge in [0, 0.05) is 32.0 Å². The van der Waals surface area contributed by atoms with Gasteiger partial charge >= 0.3 is 0 Å². The number of hydrogen-bond acceptors (Lipinski definition) is 3. The lowest BCUT2D eigenvalue weighted by molar-refractivity contribution is 0.302. The topological polar surface area (TPSA) is 28.2 Å². The molecule has 0 aliphatic rings. The molecule has 0 saturated heterocycles. The molecule has 1 N–H and O–H groups in total. The second-order valence-electron chi connectivity index (χ2n) is 3.56. The molecular weight excluding hydrogens is 257 g/mol. The van der Waals surface area contributed by atoms with Crippen LogP contribution in [0.1, 0.15) is 19.4 Å². The predicted octanol–water partition coefficient (Wildman–Crippen LogP) is 2.36. The average Bonchev–Trinajstić information content (AvgIpc) is 2.31. The quantitative estimate of drug-likeness (QED) is 0.777. The van der Waals surface area contributed by atoms with Crippen molar-refractivity contribution in [2.75, 3.05) is 26.2 Å². The Kier molecular flexibility index (Phi) is 13.5. The van der Waals surface area contributed by atoms with Crippen LogP contribution in [0.4, 0.5) is 0 Å². The summed E-state index contributed by atoms with van der Waals surface area (Å²) in [6.45, 7) is 9.73. The van der Waals surface area contributed by atoms with Gasteiger partial charge in [0.2, 0.25) is 0 Å². The van der Waals surface area contributed by atoms with Gasteiger partial charge in [0.1, 0.15) is 0 Å². The van der Waals surface area contributed by atoms with E-state index < -0.39 is 0 Å². The molecule has 0 atom stereocenters. The first-order chi connectivity index (χ1) is 7.36. The van der Waals surface area contributed by atoms with Crippen molar-refractivity contribution in [3.8, 4) is 0 Å². The molecule has 17 heavy (non-hydrogen) atoms. The number of halogens is 2. The van der Waals surface area contributed by atoms with Crippen LogP contribution in [0.3, 0.4) is 0 Å². The minimum Gasteiger partial charge on any atom is -0.311 e. The van der Waals surface area contributed by atoms with E-state index >= 15 is 0 Å². The Bertz CT molecular complexity index is 253. The maximum Gasteiger partial charge on any atom is 0.0312 e. The van der Waals surface area contributed by atoms with Gasteiger partial charge in [-0.1, -0.05) is 19.9 Å². The highest BCUT2D eigenvalue weighted by molar-refractivity contribution is 5.85. The predicted molar refractivity (Wildman–Crippen MR) is 78.2 cm³/mol. The molecule has 1 heterocycles. The summed E-state index contributed by atoms with van der Waals surface area (Å²) in [7, 11) is 0. The van der Waals surface area contributed by atoms with Gasteiger partial charge < -0.3 is 10.2 Å². The number of nitrogens with one attached hydrogen (secondary N) is 1. The average molecular weight is 280 g/mol. The highest BCUT2D eigenvalue weighted by atomic mass is 35.5. The Morgan fingerprint density at radius 1 is 1.24 bits per heavy atom.